The minimum atomic E-state index is -0.407. The van der Waals surface area contributed by atoms with E-state index in [-0.39, 0.29) is 5.76 Å². The second-order valence-corrected chi connectivity index (χ2v) is 3.85. The number of hydrogen-bond acceptors (Lipinski definition) is 3. The molecule has 0 atom stereocenters. The second-order valence-electron chi connectivity index (χ2n) is 2.98. The summed E-state index contributed by atoms with van der Waals surface area (Å²) in [6.45, 7) is 0. The Hall–Kier alpha value is -1.52. The van der Waals surface area contributed by atoms with Gasteiger partial charge in [0.15, 0.2) is 6.39 Å². The molecule has 0 bridgehead atoms. The Bertz CT molecular complexity index is 491. The molecule has 0 aliphatic carbocycles. The first-order valence-corrected chi connectivity index (χ1v) is 5.06. The number of rotatable bonds is 2. The van der Waals surface area contributed by atoms with Gasteiger partial charge in [-0.3, -0.25) is 4.79 Å². The third-order valence-electron chi connectivity index (χ3n) is 1.78. The maximum absolute atomic E-state index is 11.6. The van der Waals surface area contributed by atoms with E-state index >= 15 is 0 Å². The highest BCUT2D eigenvalue weighted by Gasteiger charge is 2.09. The smallest absolute Gasteiger partial charge is 0.293 e. The first kappa shape index (κ1) is 11.0. The number of nitrogens with one attached hydrogen (secondary N) is 1. The molecule has 1 aromatic heterocycles. The topological polar surface area (TPSA) is 55.1 Å². The number of carbonyl (C=O) groups is 1. The number of hydrogen-bond donors (Lipinski definition) is 1. The highest BCUT2D eigenvalue weighted by molar-refractivity contribution is 6.35. The van der Waals surface area contributed by atoms with Gasteiger partial charge in [-0.2, -0.15) is 0 Å². The van der Waals surface area contributed by atoms with Crippen molar-refractivity contribution in [2.24, 2.45) is 0 Å². The third-order valence-corrected chi connectivity index (χ3v) is 2.21. The zero-order valence-corrected chi connectivity index (χ0v) is 9.42. The van der Waals surface area contributed by atoms with Crippen molar-refractivity contribution in [1.29, 1.82) is 0 Å². The highest BCUT2D eigenvalue weighted by atomic mass is 35.5. The van der Waals surface area contributed by atoms with Gasteiger partial charge in [0.25, 0.3) is 5.91 Å². The average Bonchev–Trinajstić information content (AvgIpc) is 2.68. The minimum Gasteiger partial charge on any atom is -0.438 e. The van der Waals surface area contributed by atoms with Gasteiger partial charge in [-0.15, -0.1) is 0 Å². The van der Waals surface area contributed by atoms with Gasteiger partial charge in [-0.05, 0) is 18.2 Å². The molecule has 0 aliphatic rings. The molecule has 0 unspecified atom stereocenters. The van der Waals surface area contributed by atoms with Crippen LogP contribution in [0.5, 0.6) is 0 Å². The average molecular weight is 257 g/mol. The number of carbonyl (C=O) groups excluding carboxylic acids is 1. The van der Waals surface area contributed by atoms with Crippen LogP contribution in [0.1, 0.15) is 10.6 Å². The Morgan fingerprint density at radius 3 is 2.50 bits per heavy atom. The van der Waals surface area contributed by atoms with Crippen molar-refractivity contribution >= 4 is 34.8 Å². The summed E-state index contributed by atoms with van der Waals surface area (Å²) in [6, 6.07) is 4.75. The molecule has 16 heavy (non-hydrogen) atoms. The molecule has 82 valence electrons. The lowest BCUT2D eigenvalue weighted by Crippen LogP contribution is -2.10. The fraction of sp³-hybridized carbons (Fsp3) is 0. The molecule has 4 nitrogen and oxygen atoms in total. The van der Waals surface area contributed by atoms with Crippen molar-refractivity contribution in [1.82, 2.24) is 4.98 Å². The molecule has 0 spiro atoms. The number of amides is 1. The Morgan fingerprint density at radius 1 is 1.25 bits per heavy atom. The summed E-state index contributed by atoms with van der Waals surface area (Å²) < 4.78 is 4.84. The van der Waals surface area contributed by atoms with Gasteiger partial charge >= 0.3 is 0 Å². The quantitative estimate of drug-likeness (QED) is 0.898. The molecule has 0 aliphatic heterocycles. The monoisotopic (exact) mass is 256 g/mol. The van der Waals surface area contributed by atoms with Crippen LogP contribution in [0.25, 0.3) is 0 Å². The number of benzene rings is 1. The van der Waals surface area contributed by atoms with Crippen LogP contribution >= 0.6 is 23.2 Å². The third kappa shape index (κ3) is 2.53. The van der Waals surface area contributed by atoms with Crippen LogP contribution < -0.4 is 5.32 Å². The summed E-state index contributed by atoms with van der Waals surface area (Å²) in [4.78, 5) is 15.2. The van der Waals surface area contributed by atoms with Gasteiger partial charge in [0.1, 0.15) is 0 Å². The Morgan fingerprint density at radius 2 is 1.94 bits per heavy atom. The van der Waals surface area contributed by atoms with E-state index in [4.69, 9.17) is 27.6 Å². The van der Waals surface area contributed by atoms with Crippen molar-refractivity contribution < 1.29 is 9.21 Å². The fourth-order valence-corrected chi connectivity index (χ4v) is 1.67. The standard InChI is InChI=1S/C10H6Cl2N2O2/c11-6-1-7(12)3-8(2-6)14-10(15)9-4-13-5-16-9/h1-5H,(H,14,15). The molecule has 2 aromatic rings. The van der Waals surface area contributed by atoms with Gasteiger partial charge in [-0.25, -0.2) is 4.98 Å². The summed E-state index contributed by atoms with van der Waals surface area (Å²) in [5.74, 6) is -0.285. The van der Waals surface area contributed by atoms with Crippen LogP contribution in [0.2, 0.25) is 10.0 Å². The van der Waals surface area contributed by atoms with Crippen molar-refractivity contribution in [2.75, 3.05) is 5.32 Å². The summed E-state index contributed by atoms with van der Waals surface area (Å²) in [7, 11) is 0. The molecule has 1 heterocycles. The maximum atomic E-state index is 11.6. The zero-order valence-electron chi connectivity index (χ0n) is 7.91. The molecule has 1 amide bonds. The second kappa shape index (κ2) is 4.55. The SMILES string of the molecule is O=C(Nc1cc(Cl)cc(Cl)c1)c1cnco1. The predicted molar refractivity (Wildman–Crippen MR) is 60.9 cm³/mol. The largest absolute Gasteiger partial charge is 0.438 e. The van der Waals surface area contributed by atoms with E-state index in [1.54, 1.807) is 18.2 Å². The Labute approximate surface area is 101 Å². The predicted octanol–water partition coefficient (Wildman–Crippen LogP) is 3.23. The molecule has 0 saturated heterocycles. The molecule has 6 heteroatoms. The van der Waals surface area contributed by atoms with Crippen molar-refractivity contribution in [3.05, 3.63) is 46.6 Å². The van der Waals surface area contributed by atoms with Gasteiger partial charge in [0, 0.05) is 15.7 Å². The van der Waals surface area contributed by atoms with E-state index < -0.39 is 5.91 Å². The van der Waals surface area contributed by atoms with Crippen molar-refractivity contribution in [2.45, 2.75) is 0 Å². The van der Waals surface area contributed by atoms with Gasteiger partial charge < -0.3 is 9.73 Å². The van der Waals surface area contributed by atoms with E-state index in [2.05, 4.69) is 10.3 Å². The molecule has 1 N–H and O–H groups in total. The molecule has 1 aromatic carbocycles. The minimum absolute atomic E-state index is 0.121. The van der Waals surface area contributed by atoms with Crippen LogP contribution in [-0.4, -0.2) is 10.9 Å². The maximum Gasteiger partial charge on any atom is 0.293 e. The van der Waals surface area contributed by atoms with Crippen LogP contribution in [-0.2, 0) is 0 Å². The van der Waals surface area contributed by atoms with Crippen LogP contribution in [0.3, 0.4) is 0 Å². The number of anilines is 1. The molecular formula is C10H6Cl2N2O2. The normalized spacial score (nSPS) is 10.1. The number of nitrogens with zero attached hydrogens (tertiary/aromatic N) is 1. The van der Waals surface area contributed by atoms with Crippen LogP contribution in [0.4, 0.5) is 5.69 Å². The zero-order chi connectivity index (χ0) is 11.5. The van der Waals surface area contributed by atoms with E-state index in [1.165, 1.54) is 12.6 Å². The van der Waals surface area contributed by atoms with Gasteiger partial charge in [-0.1, -0.05) is 23.2 Å². The lowest BCUT2D eigenvalue weighted by atomic mass is 10.3. The number of aromatic nitrogens is 1. The van der Waals surface area contributed by atoms with Crippen LogP contribution in [0.15, 0.2) is 35.2 Å². The lowest BCUT2D eigenvalue weighted by Gasteiger charge is -2.03. The highest BCUT2D eigenvalue weighted by Crippen LogP contribution is 2.22. The van der Waals surface area contributed by atoms with Crippen LogP contribution in [0, 0.1) is 0 Å². The summed E-state index contributed by atoms with van der Waals surface area (Å²) in [6.07, 6.45) is 2.50. The lowest BCUT2D eigenvalue weighted by molar-refractivity contribution is 0.0996. The van der Waals surface area contributed by atoms with E-state index in [9.17, 15) is 4.79 Å². The Balaban J connectivity index is 2.18. The first-order chi connectivity index (χ1) is 7.65. The first-order valence-electron chi connectivity index (χ1n) is 4.31. The van der Waals surface area contributed by atoms with E-state index in [0.717, 1.165) is 0 Å². The molecule has 2 rings (SSSR count). The number of oxazole rings is 1. The molecule has 0 fully saturated rings. The van der Waals surface area contributed by atoms with E-state index in [1.807, 2.05) is 0 Å². The van der Waals surface area contributed by atoms with Gasteiger partial charge in [0.2, 0.25) is 5.76 Å². The van der Waals surface area contributed by atoms with E-state index in [0.29, 0.717) is 15.7 Å². The van der Waals surface area contributed by atoms with Gasteiger partial charge in [0.05, 0.1) is 6.20 Å². The fourth-order valence-electron chi connectivity index (χ4n) is 1.15. The Kier molecular flexibility index (Phi) is 3.12. The number of halogens is 2. The van der Waals surface area contributed by atoms with Crippen molar-refractivity contribution in [3.8, 4) is 0 Å². The summed E-state index contributed by atoms with van der Waals surface area (Å²) in [5, 5.41) is 3.47. The molecule has 0 radical (unpaired) electrons. The summed E-state index contributed by atoms with van der Waals surface area (Å²) in [5.41, 5.74) is 0.499. The molecular weight excluding hydrogens is 251 g/mol. The summed E-state index contributed by atoms with van der Waals surface area (Å²) >= 11 is 11.6. The molecule has 0 saturated carbocycles. The van der Waals surface area contributed by atoms with Crippen molar-refractivity contribution in [3.63, 3.8) is 0 Å².